The first-order chi connectivity index (χ1) is 12.4. The zero-order valence-corrected chi connectivity index (χ0v) is 17.7. The van der Waals surface area contributed by atoms with E-state index in [0.717, 1.165) is 25.7 Å². The summed E-state index contributed by atoms with van der Waals surface area (Å²) in [6, 6.07) is 21.4. The molecule has 1 N–H and O–H groups in total. The quantitative estimate of drug-likeness (QED) is 0.768. The molecule has 26 heavy (non-hydrogen) atoms. The predicted octanol–water partition coefficient (Wildman–Crippen LogP) is 4.80. The molecule has 2 nitrogen and oxygen atoms in total. The number of aliphatic hydroxyl groups excluding tert-OH is 1. The van der Waals surface area contributed by atoms with E-state index in [-0.39, 0.29) is 11.1 Å². The van der Waals surface area contributed by atoms with Crippen LogP contribution in [0.4, 0.5) is 0 Å². The van der Waals surface area contributed by atoms with E-state index in [4.69, 9.17) is 4.43 Å². The maximum absolute atomic E-state index is 10.4. The summed E-state index contributed by atoms with van der Waals surface area (Å²) < 4.78 is 6.98. The van der Waals surface area contributed by atoms with Crippen LogP contribution in [0.25, 0.3) is 0 Å². The topological polar surface area (TPSA) is 29.5 Å². The molecule has 3 heteroatoms. The third-order valence-electron chi connectivity index (χ3n) is 5.36. The minimum Gasteiger partial charge on any atom is -0.410 e. The number of hydrogen-bond donors (Lipinski definition) is 1. The molecule has 2 atom stereocenters. The molecule has 1 aliphatic carbocycles. The first-order valence-corrected chi connectivity index (χ1v) is 11.1. The van der Waals surface area contributed by atoms with Gasteiger partial charge in [-0.3, -0.25) is 0 Å². The molecule has 0 aliphatic heterocycles. The largest absolute Gasteiger partial charge is 0.410 e. The van der Waals surface area contributed by atoms with Crippen LogP contribution in [0.2, 0.25) is 5.04 Å². The van der Waals surface area contributed by atoms with Crippen LogP contribution < -0.4 is 0 Å². The maximum atomic E-state index is 10.4. The molecule has 140 valence electrons. The van der Waals surface area contributed by atoms with Crippen molar-refractivity contribution in [3.8, 4) is 0 Å². The number of hydrogen-bond acceptors (Lipinski definition) is 2. The van der Waals surface area contributed by atoms with Crippen LogP contribution in [0, 0.1) is 5.92 Å². The SMILES string of the molecule is CC(C)(C)[SiH2]OC(c1ccccc1)(c1ccccc1)[C@@H]1CCC[C@H](O)C1. The molecule has 2 aromatic carbocycles. The van der Waals surface area contributed by atoms with Gasteiger partial charge in [0.1, 0.15) is 5.60 Å². The van der Waals surface area contributed by atoms with Crippen LogP contribution in [-0.4, -0.2) is 21.0 Å². The maximum Gasteiger partial charge on any atom is 0.168 e. The van der Waals surface area contributed by atoms with Crippen molar-refractivity contribution in [1.29, 1.82) is 0 Å². The van der Waals surface area contributed by atoms with Crippen LogP contribution >= 0.6 is 0 Å². The minimum atomic E-state index is -0.786. The van der Waals surface area contributed by atoms with E-state index in [1.807, 2.05) is 0 Å². The molecule has 0 unspecified atom stereocenters. The van der Waals surface area contributed by atoms with Gasteiger partial charge in [0.25, 0.3) is 0 Å². The fraction of sp³-hybridized carbons (Fsp3) is 0.478. The Hall–Kier alpha value is -1.42. The van der Waals surface area contributed by atoms with Crippen molar-refractivity contribution in [2.75, 3.05) is 0 Å². The Labute approximate surface area is 160 Å². The fourth-order valence-corrected chi connectivity index (χ4v) is 5.39. The van der Waals surface area contributed by atoms with Gasteiger partial charge in [0.15, 0.2) is 9.76 Å². The van der Waals surface area contributed by atoms with Gasteiger partial charge in [0.2, 0.25) is 0 Å². The van der Waals surface area contributed by atoms with Gasteiger partial charge in [0, 0.05) is 0 Å². The molecule has 1 aliphatic rings. The van der Waals surface area contributed by atoms with Crippen molar-refractivity contribution in [3.63, 3.8) is 0 Å². The van der Waals surface area contributed by atoms with Gasteiger partial charge >= 0.3 is 0 Å². The Kier molecular flexibility index (Phi) is 6.01. The Morgan fingerprint density at radius 1 is 0.885 bits per heavy atom. The third kappa shape index (κ3) is 4.28. The van der Waals surface area contributed by atoms with Gasteiger partial charge in [0.05, 0.1) is 6.10 Å². The molecule has 0 saturated heterocycles. The van der Waals surface area contributed by atoms with Gasteiger partial charge in [-0.15, -0.1) is 0 Å². The second kappa shape index (κ2) is 8.08. The van der Waals surface area contributed by atoms with Crippen LogP contribution in [0.5, 0.6) is 0 Å². The standard InChI is InChI=1S/C23H32O2Si/c1-22(2,3)26-25-23(18-11-6-4-7-12-18,19-13-8-5-9-14-19)20-15-10-16-21(24)17-20/h4-9,11-14,20-21,24H,10,15-17,26H2,1-3H3/t20-,21+/m1/s1. The molecule has 2 aromatic rings. The molecule has 1 saturated carbocycles. The van der Waals surface area contributed by atoms with Crippen LogP contribution in [0.1, 0.15) is 57.6 Å². The first-order valence-electron chi connectivity index (χ1n) is 9.85. The summed E-state index contributed by atoms with van der Waals surface area (Å²) in [6.07, 6.45) is 3.66. The summed E-state index contributed by atoms with van der Waals surface area (Å²) in [5.74, 6) is 0.297. The molecule has 0 spiro atoms. The summed E-state index contributed by atoms with van der Waals surface area (Å²) in [5.41, 5.74) is 1.99. The minimum absolute atomic E-state index is 0.210. The molecular formula is C23H32O2Si. The van der Waals surface area contributed by atoms with Crippen LogP contribution in [0.15, 0.2) is 60.7 Å². The molecule has 0 amide bonds. The Morgan fingerprint density at radius 2 is 1.42 bits per heavy atom. The van der Waals surface area contributed by atoms with E-state index >= 15 is 0 Å². The highest BCUT2D eigenvalue weighted by molar-refractivity contribution is 6.32. The molecule has 0 heterocycles. The molecule has 0 radical (unpaired) electrons. The lowest BCUT2D eigenvalue weighted by molar-refractivity contribution is -0.0119. The van der Waals surface area contributed by atoms with Crippen molar-refractivity contribution in [2.24, 2.45) is 5.92 Å². The van der Waals surface area contributed by atoms with Gasteiger partial charge in [-0.05, 0) is 41.3 Å². The van der Waals surface area contributed by atoms with Crippen LogP contribution in [0.3, 0.4) is 0 Å². The first kappa shape index (κ1) is 19.3. The predicted molar refractivity (Wildman–Crippen MR) is 111 cm³/mol. The summed E-state index contributed by atoms with van der Waals surface area (Å²) >= 11 is 0. The fourth-order valence-electron chi connectivity index (χ4n) is 4.16. The highest BCUT2D eigenvalue weighted by atomic mass is 28.2. The average Bonchev–Trinajstić information content (AvgIpc) is 2.63. The Morgan fingerprint density at radius 3 is 1.88 bits per heavy atom. The smallest absolute Gasteiger partial charge is 0.168 e. The Bertz CT molecular complexity index is 639. The van der Waals surface area contributed by atoms with E-state index < -0.39 is 15.4 Å². The van der Waals surface area contributed by atoms with E-state index in [1.54, 1.807) is 0 Å². The van der Waals surface area contributed by atoms with Crippen molar-refractivity contribution < 1.29 is 9.53 Å². The second-order valence-electron chi connectivity index (χ2n) is 8.83. The van der Waals surface area contributed by atoms with Crippen molar-refractivity contribution in [2.45, 2.75) is 63.2 Å². The zero-order chi connectivity index (χ0) is 18.6. The van der Waals surface area contributed by atoms with Crippen LogP contribution in [-0.2, 0) is 10.0 Å². The monoisotopic (exact) mass is 368 g/mol. The highest BCUT2D eigenvalue weighted by Gasteiger charge is 2.45. The number of benzene rings is 2. The van der Waals surface area contributed by atoms with E-state index in [1.165, 1.54) is 11.1 Å². The summed E-state index contributed by atoms with van der Waals surface area (Å²) in [6.45, 7) is 6.82. The second-order valence-corrected chi connectivity index (χ2v) is 11.5. The lowest BCUT2D eigenvalue weighted by atomic mass is 9.69. The van der Waals surface area contributed by atoms with Gasteiger partial charge in [-0.25, -0.2) is 0 Å². The lowest BCUT2D eigenvalue weighted by Crippen LogP contribution is -2.44. The number of aliphatic hydroxyl groups is 1. The summed E-state index contributed by atoms with van der Waals surface area (Å²) in [5, 5.41) is 10.6. The molecule has 1 fully saturated rings. The van der Waals surface area contributed by atoms with Crippen molar-refractivity contribution >= 4 is 9.76 Å². The summed E-state index contributed by atoms with van der Waals surface area (Å²) in [7, 11) is -0.786. The van der Waals surface area contributed by atoms with Gasteiger partial charge < -0.3 is 9.53 Å². The van der Waals surface area contributed by atoms with E-state index in [0.29, 0.717) is 5.92 Å². The van der Waals surface area contributed by atoms with Gasteiger partial charge in [-0.1, -0.05) is 87.9 Å². The molecule has 3 rings (SSSR count). The van der Waals surface area contributed by atoms with Crippen molar-refractivity contribution in [1.82, 2.24) is 0 Å². The van der Waals surface area contributed by atoms with E-state index in [9.17, 15) is 5.11 Å². The zero-order valence-electron chi connectivity index (χ0n) is 16.3. The average molecular weight is 369 g/mol. The summed E-state index contributed by atoms with van der Waals surface area (Å²) in [4.78, 5) is 0. The normalized spacial score (nSPS) is 22.0. The highest BCUT2D eigenvalue weighted by Crippen LogP contribution is 2.47. The molecule has 0 aromatic heterocycles. The van der Waals surface area contributed by atoms with E-state index in [2.05, 4.69) is 81.4 Å². The lowest BCUT2D eigenvalue weighted by Gasteiger charge is -2.46. The van der Waals surface area contributed by atoms with Crippen molar-refractivity contribution in [3.05, 3.63) is 71.8 Å². The van der Waals surface area contributed by atoms with Gasteiger partial charge in [-0.2, -0.15) is 0 Å². The Balaban J connectivity index is 2.13. The molecular weight excluding hydrogens is 336 g/mol. The number of rotatable bonds is 5. The molecule has 0 bridgehead atoms. The third-order valence-corrected chi connectivity index (χ3v) is 6.83.